The summed E-state index contributed by atoms with van der Waals surface area (Å²) in [5.41, 5.74) is 1.53. The lowest BCUT2D eigenvalue weighted by Gasteiger charge is -2.18. The van der Waals surface area contributed by atoms with E-state index in [9.17, 15) is 23.8 Å². The van der Waals surface area contributed by atoms with E-state index in [0.29, 0.717) is 33.4 Å². The van der Waals surface area contributed by atoms with Crippen LogP contribution in [0.2, 0.25) is 0 Å². The van der Waals surface area contributed by atoms with Gasteiger partial charge in [0.1, 0.15) is 5.97 Å². The highest BCUT2D eigenvalue weighted by molar-refractivity contribution is 5.85. The van der Waals surface area contributed by atoms with Gasteiger partial charge in [0.25, 0.3) is 0 Å². The molecule has 0 aliphatic heterocycles. The number of hydrogen-bond acceptors (Lipinski definition) is 4. The number of carbonyl (C=O) groups excluding carboxylic acids is 1. The molecule has 3 aromatic rings. The van der Waals surface area contributed by atoms with Crippen molar-refractivity contribution in [1.29, 1.82) is 0 Å². The number of aryl methyl sites for hydroxylation is 1. The van der Waals surface area contributed by atoms with Gasteiger partial charge in [-0.1, -0.05) is 30.3 Å². The van der Waals surface area contributed by atoms with Gasteiger partial charge in [-0.25, -0.2) is 4.85 Å². The molecule has 0 bridgehead atoms. The Bertz CT molecular complexity index is 1080. The van der Waals surface area contributed by atoms with Crippen LogP contribution in [-0.2, 0) is 23.9 Å². The van der Waals surface area contributed by atoms with E-state index in [4.69, 9.17) is 6.57 Å². The molecule has 1 heterocycles. The van der Waals surface area contributed by atoms with Crippen LogP contribution in [0.15, 0.2) is 36.4 Å². The molecule has 8 heteroatoms. The Morgan fingerprint density at radius 3 is 2.74 bits per heavy atom. The molecule has 1 aromatic heterocycles. The van der Waals surface area contributed by atoms with Crippen molar-refractivity contribution in [2.75, 3.05) is 0 Å². The second kappa shape index (κ2) is 6.78. The maximum Gasteiger partial charge on any atom is 0.312 e. The van der Waals surface area contributed by atoms with E-state index >= 15 is 0 Å². The zero-order valence-electron chi connectivity index (χ0n) is 14.2. The van der Waals surface area contributed by atoms with Crippen LogP contribution in [0.3, 0.4) is 0 Å². The lowest BCUT2D eigenvalue weighted by Crippen LogP contribution is -2.39. The molecule has 0 radical (unpaired) electrons. The maximum absolute atomic E-state index is 13.8. The molecule has 0 fully saturated rings. The highest BCUT2D eigenvalue weighted by Crippen LogP contribution is 2.32. The highest BCUT2D eigenvalue weighted by Gasteiger charge is 2.34. The quantitative estimate of drug-likeness (QED) is 0.699. The Morgan fingerprint density at radius 1 is 1.37 bits per heavy atom. The number of aliphatic hydroxyl groups excluding tert-OH is 1. The van der Waals surface area contributed by atoms with Crippen LogP contribution in [0.5, 0.6) is 0 Å². The van der Waals surface area contributed by atoms with Gasteiger partial charge in [-0.15, -0.1) is 0 Å². The first-order valence-electron chi connectivity index (χ1n) is 7.95. The van der Waals surface area contributed by atoms with Crippen LogP contribution in [0.25, 0.3) is 15.7 Å². The van der Waals surface area contributed by atoms with Crippen molar-refractivity contribution in [3.63, 3.8) is 0 Å². The summed E-state index contributed by atoms with van der Waals surface area (Å²) in [7, 11) is 0. The standard InChI is InChI=1S/C19H15F2N3O3/c1-11-14-7-6-13(19(20,21)18(26)27)8-17(14)24(23-11)9-15-12(10-25)4-3-5-16(15)22-2/h3-8,25H,9-10H2,1H3,(H,26,27)/p-1. The van der Waals surface area contributed by atoms with E-state index in [-0.39, 0.29) is 13.2 Å². The van der Waals surface area contributed by atoms with Crippen LogP contribution in [0, 0.1) is 13.5 Å². The van der Waals surface area contributed by atoms with Crippen LogP contribution in [0.1, 0.15) is 22.4 Å². The lowest BCUT2D eigenvalue weighted by molar-refractivity contribution is -0.331. The summed E-state index contributed by atoms with van der Waals surface area (Å²) < 4.78 is 29.1. The zero-order valence-corrected chi connectivity index (χ0v) is 14.2. The predicted molar refractivity (Wildman–Crippen MR) is 91.1 cm³/mol. The fourth-order valence-electron chi connectivity index (χ4n) is 2.98. The molecule has 0 aliphatic rings. The third-order valence-electron chi connectivity index (χ3n) is 4.40. The fraction of sp³-hybridized carbons (Fsp3) is 0.211. The Labute approximate surface area is 153 Å². The van der Waals surface area contributed by atoms with Crippen molar-refractivity contribution in [1.82, 2.24) is 9.78 Å². The third-order valence-corrected chi connectivity index (χ3v) is 4.40. The van der Waals surface area contributed by atoms with Gasteiger partial charge in [0.15, 0.2) is 5.69 Å². The van der Waals surface area contributed by atoms with Gasteiger partial charge in [0.05, 0.1) is 30.9 Å². The number of nitrogens with zero attached hydrogens (tertiary/aromatic N) is 3. The van der Waals surface area contributed by atoms with Gasteiger partial charge in [0.2, 0.25) is 0 Å². The maximum atomic E-state index is 13.8. The van der Waals surface area contributed by atoms with E-state index < -0.39 is 17.5 Å². The number of rotatable bonds is 5. The third kappa shape index (κ3) is 3.13. The first-order valence-corrected chi connectivity index (χ1v) is 7.95. The Kier molecular flexibility index (Phi) is 4.64. The van der Waals surface area contributed by atoms with Gasteiger partial charge in [-0.2, -0.15) is 13.9 Å². The minimum absolute atomic E-state index is 0.0686. The van der Waals surface area contributed by atoms with Gasteiger partial charge < -0.3 is 15.0 Å². The summed E-state index contributed by atoms with van der Waals surface area (Å²) in [5, 5.41) is 25.2. The average molecular weight is 370 g/mol. The zero-order chi connectivity index (χ0) is 19.8. The Morgan fingerprint density at radius 2 is 2.11 bits per heavy atom. The van der Waals surface area contributed by atoms with Crippen molar-refractivity contribution < 1.29 is 23.8 Å². The Balaban J connectivity index is 2.17. The molecular formula is C19H14F2N3O3-. The predicted octanol–water partition coefficient (Wildman–Crippen LogP) is 2.28. The van der Waals surface area contributed by atoms with Crippen LogP contribution in [-0.4, -0.2) is 20.9 Å². The minimum atomic E-state index is -4.14. The number of alkyl halides is 2. The summed E-state index contributed by atoms with van der Waals surface area (Å²) in [6.07, 6.45) is 0. The smallest absolute Gasteiger partial charge is 0.312 e. The lowest BCUT2D eigenvalue weighted by atomic mass is 10.0. The number of carboxylic acids is 1. The van der Waals surface area contributed by atoms with Gasteiger partial charge >= 0.3 is 5.92 Å². The molecule has 0 saturated heterocycles. The van der Waals surface area contributed by atoms with Crippen LogP contribution in [0.4, 0.5) is 14.5 Å². The number of halogens is 2. The molecule has 2 aromatic carbocycles. The number of aliphatic carboxylic acids is 1. The van der Waals surface area contributed by atoms with Gasteiger partial charge in [-0.05, 0) is 24.1 Å². The summed E-state index contributed by atoms with van der Waals surface area (Å²) in [6.45, 7) is 8.78. The molecule has 27 heavy (non-hydrogen) atoms. The fourth-order valence-corrected chi connectivity index (χ4v) is 2.98. The molecular weight excluding hydrogens is 356 g/mol. The molecule has 1 N–H and O–H groups in total. The molecule has 6 nitrogen and oxygen atoms in total. The summed E-state index contributed by atoms with van der Waals surface area (Å²) in [5.74, 6) is -6.62. The first-order chi connectivity index (χ1) is 12.8. The van der Waals surface area contributed by atoms with Crippen LogP contribution < -0.4 is 5.11 Å². The molecule has 0 aliphatic carbocycles. The van der Waals surface area contributed by atoms with Crippen LogP contribution >= 0.6 is 0 Å². The van der Waals surface area contributed by atoms with E-state index in [0.717, 1.165) is 12.1 Å². The number of aliphatic hydroxyl groups is 1. The van der Waals surface area contributed by atoms with Crippen molar-refractivity contribution >= 4 is 22.6 Å². The first kappa shape index (κ1) is 18.5. The summed E-state index contributed by atoms with van der Waals surface area (Å²) in [6, 6.07) is 8.38. The molecule has 0 unspecified atom stereocenters. The van der Waals surface area contributed by atoms with E-state index in [1.54, 1.807) is 25.1 Å². The number of carbonyl (C=O) groups is 1. The van der Waals surface area contributed by atoms with E-state index in [1.807, 2.05) is 0 Å². The van der Waals surface area contributed by atoms with E-state index in [1.165, 1.54) is 10.7 Å². The SMILES string of the molecule is [C-]#[N+]c1cccc(CO)c1Cn1nc(C)c2ccc(C(F)(F)C(=O)[O-])cc21. The molecule has 0 spiro atoms. The second-order valence-corrected chi connectivity index (χ2v) is 6.02. The summed E-state index contributed by atoms with van der Waals surface area (Å²) >= 11 is 0. The number of benzene rings is 2. The summed E-state index contributed by atoms with van der Waals surface area (Å²) in [4.78, 5) is 14.2. The van der Waals surface area contributed by atoms with Crippen molar-refractivity contribution in [2.45, 2.75) is 26.0 Å². The minimum Gasteiger partial charge on any atom is -0.544 e. The second-order valence-electron chi connectivity index (χ2n) is 6.02. The van der Waals surface area contributed by atoms with Crippen molar-refractivity contribution in [3.05, 3.63) is 70.2 Å². The number of carboxylic acid groups (broad SMARTS) is 1. The average Bonchev–Trinajstić information content (AvgIpc) is 2.97. The molecule has 0 saturated carbocycles. The number of fused-ring (bicyclic) bond motifs is 1. The normalized spacial score (nSPS) is 11.5. The van der Waals surface area contributed by atoms with E-state index in [2.05, 4.69) is 9.94 Å². The van der Waals surface area contributed by atoms with Crippen molar-refractivity contribution in [2.24, 2.45) is 0 Å². The Hall–Kier alpha value is -3.31. The molecule has 138 valence electrons. The highest BCUT2D eigenvalue weighted by atomic mass is 19.3. The molecule has 3 rings (SSSR count). The molecule has 0 atom stereocenters. The molecule has 0 amide bonds. The largest absolute Gasteiger partial charge is 0.544 e. The topological polar surface area (TPSA) is 82.5 Å². The number of aromatic nitrogens is 2. The van der Waals surface area contributed by atoms with Gasteiger partial charge in [-0.3, -0.25) is 4.68 Å². The van der Waals surface area contributed by atoms with Gasteiger partial charge in [0, 0.05) is 10.9 Å². The monoisotopic (exact) mass is 370 g/mol. The van der Waals surface area contributed by atoms with Crippen molar-refractivity contribution in [3.8, 4) is 0 Å². The number of hydrogen-bond donors (Lipinski definition) is 1.